The summed E-state index contributed by atoms with van der Waals surface area (Å²) >= 11 is 0. The highest BCUT2D eigenvalue weighted by Crippen LogP contribution is 2.36. The van der Waals surface area contributed by atoms with Crippen molar-refractivity contribution in [3.05, 3.63) is 58.9 Å². The van der Waals surface area contributed by atoms with Crippen molar-refractivity contribution in [3.8, 4) is 0 Å². The predicted molar refractivity (Wildman–Crippen MR) is 128 cm³/mol. The maximum Gasteiger partial charge on any atom is 0.495 e. The number of fused-ring (bicyclic) bond motifs is 1. The van der Waals surface area contributed by atoms with E-state index in [0.717, 1.165) is 0 Å². The van der Waals surface area contributed by atoms with Crippen molar-refractivity contribution < 1.29 is 32.4 Å². The normalized spacial score (nSPS) is 16.7. The van der Waals surface area contributed by atoms with E-state index in [1.165, 1.54) is 19.2 Å². The molecule has 0 amide bonds. The minimum absolute atomic E-state index is 0.0900. The number of halogens is 2. The molecule has 0 radical (unpaired) electrons. The summed E-state index contributed by atoms with van der Waals surface area (Å²) in [6, 6.07) is 7.44. The van der Waals surface area contributed by atoms with E-state index in [1.54, 1.807) is 29.9 Å². The lowest BCUT2D eigenvalue weighted by molar-refractivity contribution is 0.00578. The molecule has 1 aromatic heterocycles. The Balaban J connectivity index is 1.70. The van der Waals surface area contributed by atoms with Crippen molar-refractivity contribution in [3.63, 3.8) is 0 Å². The first-order valence-electron chi connectivity index (χ1n) is 11.4. The van der Waals surface area contributed by atoms with Gasteiger partial charge in [-0.15, -0.1) is 0 Å². The van der Waals surface area contributed by atoms with E-state index in [4.69, 9.17) is 18.8 Å². The van der Waals surface area contributed by atoms with Crippen molar-refractivity contribution >= 4 is 29.6 Å². The van der Waals surface area contributed by atoms with Gasteiger partial charge >= 0.3 is 13.1 Å². The second-order valence-electron chi connectivity index (χ2n) is 9.60. The SMILES string of the molecule is COCCn1c(Cc2c(F)cc(B3OC(C)(C)C(C)(C)O3)cc2F)nc2ccc(C(=O)OC)cc21. The van der Waals surface area contributed by atoms with Gasteiger partial charge in [0.1, 0.15) is 17.5 Å². The molecule has 1 saturated heterocycles. The second-order valence-corrected chi connectivity index (χ2v) is 9.60. The summed E-state index contributed by atoms with van der Waals surface area (Å²) in [6.07, 6.45) is -0.0900. The minimum atomic E-state index is -0.874. The molecule has 0 spiro atoms. The lowest BCUT2D eigenvalue weighted by Gasteiger charge is -2.32. The summed E-state index contributed by atoms with van der Waals surface area (Å²) in [5, 5.41) is 0. The topological polar surface area (TPSA) is 71.8 Å². The summed E-state index contributed by atoms with van der Waals surface area (Å²) in [6.45, 7) is 8.26. The van der Waals surface area contributed by atoms with E-state index in [0.29, 0.717) is 35.6 Å². The quantitative estimate of drug-likeness (QED) is 0.375. The van der Waals surface area contributed by atoms with Crippen LogP contribution in [0.1, 0.15) is 49.4 Å². The lowest BCUT2D eigenvalue weighted by Crippen LogP contribution is -2.41. The first-order chi connectivity index (χ1) is 16.5. The van der Waals surface area contributed by atoms with Gasteiger partial charge in [0, 0.05) is 25.6 Å². The zero-order valence-electron chi connectivity index (χ0n) is 20.8. The molecule has 1 aliphatic heterocycles. The van der Waals surface area contributed by atoms with Crippen LogP contribution in [0.2, 0.25) is 0 Å². The van der Waals surface area contributed by atoms with Crippen LogP contribution in [0, 0.1) is 11.6 Å². The van der Waals surface area contributed by atoms with Crippen LogP contribution in [-0.4, -0.2) is 54.7 Å². The Labute approximate surface area is 203 Å². The largest absolute Gasteiger partial charge is 0.495 e. The number of ether oxygens (including phenoxy) is 2. The van der Waals surface area contributed by atoms with E-state index in [1.807, 2.05) is 27.7 Å². The molecule has 0 aliphatic carbocycles. The Morgan fingerprint density at radius 2 is 1.69 bits per heavy atom. The number of esters is 1. The molecule has 7 nitrogen and oxygen atoms in total. The molecule has 0 N–H and O–H groups in total. The average molecular weight is 486 g/mol. The first kappa shape index (κ1) is 25.3. The molecule has 1 aliphatic rings. The van der Waals surface area contributed by atoms with Crippen LogP contribution in [0.3, 0.4) is 0 Å². The zero-order valence-corrected chi connectivity index (χ0v) is 20.8. The molecule has 3 aromatic rings. The van der Waals surface area contributed by atoms with E-state index in [2.05, 4.69) is 4.98 Å². The Hall–Kier alpha value is -2.82. The highest BCUT2D eigenvalue weighted by atomic mass is 19.1. The summed E-state index contributed by atoms with van der Waals surface area (Å²) in [5.41, 5.74) is 0.504. The van der Waals surface area contributed by atoms with Gasteiger partial charge in [-0.3, -0.25) is 0 Å². The zero-order chi connectivity index (χ0) is 25.5. The molecular formula is C25H29BF2N2O5. The second kappa shape index (κ2) is 9.33. The van der Waals surface area contributed by atoms with Crippen molar-refractivity contribution in [2.24, 2.45) is 0 Å². The third kappa shape index (κ3) is 4.70. The van der Waals surface area contributed by atoms with Gasteiger partial charge in [0.2, 0.25) is 0 Å². The molecule has 2 aromatic carbocycles. The number of carbonyl (C=O) groups is 1. The molecule has 186 valence electrons. The van der Waals surface area contributed by atoms with Crippen molar-refractivity contribution in [1.82, 2.24) is 9.55 Å². The van der Waals surface area contributed by atoms with Crippen LogP contribution in [-0.2, 0) is 31.7 Å². The minimum Gasteiger partial charge on any atom is -0.465 e. The fraction of sp³-hybridized carbons (Fsp3) is 0.440. The van der Waals surface area contributed by atoms with Crippen LogP contribution in [0.4, 0.5) is 8.78 Å². The van der Waals surface area contributed by atoms with Gasteiger partial charge in [-0.05, 0) is 63.5 Å². The highest BCUT2D eigenvalue weighted by Gasteiger charge is 2.52. The van der Waals surface area contributed by atoms with Gasteiger partial charge in [-0.2, -0.15) is 0 Å². The van der Waals surface area contributed by atoms with Crippen LogP contribution in [0.15, 0.2) is 30.3 Å². The Morgan fingerprint density at radius 3 is 2.26 bits per heavy atom. The van der Waals surface area contributed by atoms with Crippen LogP contribution < -0.4 is 5.46 Å². The van der Waals surface area contributed by atoms with Crippen molar-refractivity contribution in [2.75, 3.05) is 20.8 Å². The number of imidazole rings is 1. The molecule has 10 heteroatoms. The van der Waals surface area contributed by atoms with Crippen molar-refractivity contribution in [2.45, 2.75) is 51.9 Å². The molecular weight excluding hydrogens is 457 g/mol. The van der Waals surface area contributed by atoms with Crippen LogP contribution >= 0.6 is 0 Å². The van der Waals surface area contributed by atoms with Crippen molar-refractivity contribution in [1.29, 1.82) is 0 Å². The van der Waals surface area contributed by atoms with E-state index < -0.39 is 35.9 Å². The van der Waals surface area contributed by atoms with Crippen LogP contribution in [0.25, 0.3) is 11.0 Å². The number of aromatic nitrogens is 2. The summed E-state index contributed by atoms with van der Waals surface area (Å²) < 4.78 is 54.1. The molecule has 0 unspecified atom stereocenters. The number of methoxy groups -OCH3 is 2. The molecule has 35 heavy (non-hydrogen) atoms. The Morgan fingerprint density at radius 1 is 1.06 bits per heavy atom. The van der Waals surface area contributed by atoms with E-state index in [-0.39, 0.29) is 17.4 Å². The lowest BCUT2D eigenvalue weighted by atomic mass is 9.78. The maximum atomic E-state index is 15.2. The van der Waals surface area contributed by atoms with Gasteiger partial charge < -0.3 is 23.3 Å². The predicted octanol–water partition coefficient (Wildman–Crippen LogP) is 3.64. The smallest absolute Gasteiger partial charge is 0.465 e. The maximum absolute atomic E-state index is 15.2. The molecule has 0 saturated carbocycles. The third-order valence-corrected chi connectivity index (χ3v) is 6.79. The number of benzene rings is 2. The summed E-state index contributed by atoms with van der Waals surface area (Å²) in [5.74, 6) is -1.46. The van der Waals surface area contributed by atoms with Gasteiger partial charge in [0.05, 0.1) is 41.5 Å². The number of carbonyl (C=O) groups excluding carboxylic acids is 1. The molecule has 1 fully saturated rings. The molecule has 4 rings (SSSR count). The fourth-order valence-corrected chi connectivity index (χ4v) is 4.05. The molecule has 2 heterocycles. The Kier molecular flexibility index (Phi) is 6.74. The highest BCUT2D eigenvalue weighted by molar-refractivity contribution is 6.62. The average Bonchev–Trinajstić information content (AvgIpc) is 3.25. The summed E-state index contributed by atoms with van der Waals surface area (Å²) in [4.78, 5) is 16.6. The van der Waals surface area contributed by atoms with Gasteiger partial charge in [-0.25, -0.2) is 18.6 Å². The number of rotatable bonds is 7. The van der Waals surface area contributed by atoms with E-state index >= 15 is 8.78 Å². The Bertz CT molecular complexity index is 1240. The van der Waals surface area contributed by atoms with Gasteiger partial charge in [0.15, 0.2) is 0 Å². The molecule has 0 bridgehead atoms. The monoisotopic (exact) mass is 486 g/mol. The number of hydrogen-bond donors (Lipinski definition) is 0. The third-order valence-electron chi connectivity index (χ3n) is 6.79. The molecule has 0 atom stereocenters. The number of nitrogens with zero attached hydrogens (tertiary/aromatic N) is 2. The van der Waals surface area contributed by atoms with Gasteiger partial charge in [-0.1, -0.05) is 0 Å². The number of hydrogen-bond acceptors (Lipinski definition) is 6. The van der Waals surface area contributed by atoms with Crippen LogP contribution in [0.5, 0.6) is 0 Å². The van der Waals surface area contributed by atoms with Gasteiger partial charge in [0.25, 0.3) is 0 Å². The first-order valence-corrected chi connectivity index (χ1v) is 11.4. The summed E-state index contributed by atoms with van der Waals surface area (Å²) in [7, 11) is 1.99. The standard InChI is InChI=1S/C25H29BF2N2O5/c1-24(2)25(3,4)35-26(34-24)16-12-18(27)17(19(28)13-16)14-22-29-20-8-7-15(23(31)33-6)11-21(20)30(22)9-10-32-5/h7-8,11-13H,9-10,14H2,1-6H3. The fourth-order valence-electron chi connectivity index (χ4n) is 4.05. The van der Waals surface area contributed by atoms with E-state index in [9.17, 15) is 4.79 Å².